The molecule has 0 aliphatic carbocycles. The normalized spacial score (nSPS) is 17.8. The molecule has 1 saturated heterocycles. The number of rotatable bonds is 4. The van der Waals surface area contributed by atoms with E-state index in [-0.39, 0.29) is 11.9 Å². The molecule has 1 heterocycles. The highest BCUT2D eigenvalue weighted by atomic mass is 16.5. The average molecular weight is 262 g/mol. The Morgan fingerprint density at radius 1 is 1.21 bits per heavy atom. The van der Waals surface area contributed by atoms with E-state index >= 15 is 0 Å². The lowest BCUT2D eigenvalue weighted by Crippen LogP contribution is -2.44. The molecule has 0 bridgehead atoms. The molecule has 19 heavy (non-hydrogen) atoms. The van der Waals surface area contributed by atoms with Crippen LogP contribution in [0.4, 0.5) is 5.69 Å². The van der Waals surface area contributed by atoms with Crippen LogP contribution in [0.15, 0.2) is 24.3 Å². The second kappa shape index (κ2) is 6.57. The highest BCUT2D eigenvalue weighted by Gasteiger charge is 2.22. The van der Waals surface area contributed by atoms with Gasteiger partial charge < -0.3 is 10.1 Å². The number of likely N-dealkylation sites (tertiary alicyclic amines) is 1. The largest absolute Gasteiger partial charge is 0.497 e. The Hall–Kier alpha value is -1.55. The predicted molar refractivity (Wildman–Crippen MR) is 76.5 cm³/mol. The lowest BCUT2D eigenvalue weighted by Gasteiger charge is -2.31. The number of hydrogen-bond acceptors (Lipinski definition) is 3. The number of carbonyl (C=O) groups excluding carboxylic acids is 1. The summed E-state index contributed by atoms with van der Waals surface area (Å²) in [5, 5.41) is 2.95. The van der Waals surface area contributed by atoms with Gasteiger partial charge in [0.1, 0.15) is 5.75 Å². The van der Waals surface area contributed by atoms with Crippen LogP contribution in [-0.2, 0) is 4.79 Å². The number of amides is 1. The van der Waals surface area contributed by atoms with E-state index in [1.54, 1.807) is 7.11 Å². The molecule has 1 aliphatic rings. The molecule has 0 spiro atoms. The Kier molecular flexibility index (Phi) is 4.80. The van der Waals surface area contributed by atoms with Crippen LogP contribution in [0.2, 0.25) is 0 Å². The first-order chi connectivity index (χ1) is 9.20. The van der Waals surface area contributed by atoms with Crippen molar-refractivity contribution in [3.05, 3.63) is 24.3 Å². The highest BCUT2D eigenvalue weighted by Crippen LogP contribution is 2.17. The number of piperidine rings is 1. The van der Waals surface area contributed by atoms with Crippen LogP contribution in [0.3, 0.4) is 0 Å². The quantitative estimate of drug-likeness (QED) is 0.906. The van der Waals surface area contributed by atoms with Gasteiger partial charge in [0.05, 0.1) is 13.2 Å². The zero-order valence-electron chi connectivity index (χ0n) is 11.7. The van der Waals surface area contributed by atoms with Gasteiger partial charge in [0.2, 0.25) is 5.91 Å². The lowest BCUT2D eigenvalue weighted by molar-refractivity contribution is -0.121. The highest BCUT2D eigenvalue weighted by molar-refractivity contribution is 5.94. The van der Waals surface area contributed by atoms with Gasteiger partial charge in [-0.1, -0.05) is 6.42 Å². The van der Waals surface area contributed by atoms with Crippen LogP contribution < -0.4 is 10.1 Å². The summed E-state index contributed by atoms with van der Waals surface area (Å²) in [7, 11) is 1.63. The van der Waals surface area contributed by atoms with Crippen LogP contribution in [-0.4, -0.2) is 37.0 Å². The molecule has 1 aromatic rings. The third-order valence-corrected chi connectivity index (χ3v) is 3.68. The van der Waals surface area contributed by atoms with Crippen LogP contribution in [0.25, 0.3) is 0 Å². The van der Waals surface area contributed by atoms with E-state index in [1.807, 2.05) is 31.2 Å². The standard InChI is InChI=1S/C15H22N2O2/c1-12(17-10-4-3-5-11-17)15(18)16-13-6-8-14(19-2)9-7-13/h6-9,12H,3-5,10-11H2,1-2H3,(H,16,18)/t12-/m1/s1. The molecule has 1 fully saturated rings. The average Bonchev–Trinajstić information content (AvgIpc) is 2.48. The summed E-state index contributed by atoms with van der Waals surface area (Å²) in [6.45, 7) is 4.03. The Morgan fingerprint density at radius 3 is 2.42 bits per heavy atom. The van der Waals surface area contributed by atoms with Gasteiger partial charge in [-0.15, -0.1) is 0 Å². The zero-order chi connectivity index (χ0) is 13.7. The number of methoxy groups -OCH3 is 1. The molecular weight excluding hydrogens is 240 g/mol. The molecule has 0 radical (unpaired) electrons. The van der Waals surface area contributed by atoms with Crippen molar-refractivity contribution >= 4 is 11.6 Å². The van der Waals surface area contributed by atoms with Crippen molar-refractivity contribution in [2.45, 2.75) is 32.2 Å². The molecule has 4 heteroatoms. The number of nitrogens with zero attached hydrogens (tertiary/aromatic N) is 1. The fourth-order valence-corrected chi connectivity index (χ4v) is 2.39. The fourth-order valence-electron chi connectivity index (χ4n) is 2.39. The van der Waals surface area contributed by atoms with Crippen molar-refractivity contribution < 1.29 is 9.53 Å². The summed E-state index contributed by atoms with van der Waals surface area (Å²) in [4.78, 5) is 14.4. The van der Waals surface area contributed by atoms with Crippen molar-refractivity contribution in [2.75, 3.05) is 25.5 Å². The summed E-state index contributed by atoms with van der Waals surface area (Å²) in [6.07, 6.45) is 3.67. The van der Waals surface area contributed by atoms with Crippen molar-refractivity contribution in [3.8, 4) is 5.75 Å². The van der Waals surface area contributed by atoms with Gasteiger partial charge in [-0.3, -0.25) is 9.69 Å². The molecule has 0 aromatic heterocycles. The Labute approximate surface area is 114 Å². The smallest absolute Gasteiger partial charge is 0.241 e. The number of carbonyl (C=O) groups is 1. The predicted octanol–water partition coefficient (Wildman–Crippen LogP) is 2.51. The van der Waals surface area contributed by atoms with Crippen LogP contribution in [0, 0.1) is 0 Å². The summed E-state index contributed by atoms with van der Waals surface area (Å²) in [5.74, 6) is 0.856. The minimum absolute atomic E-state index is 0.0621. The second-order valence-electron chi connectivity index (χ2n) is 4.99. The van der Waals surface area contributed by atoms with Gasteiger partial charge in [0.25, 0.3) is 0 Å². The van der Waals surface area contributed by atoms with E-state index in [0.717, 1.165) is 24.5 Å². The van der Waals surface area contributed by atoms with Crippen molar-refractivity contribution in [2.24, 2.45) is 0 Å². The van der Waals surface area contributed by atoms with Gasteiger partial charge in [0.15, 0.2) is 0 Å². The number of anilines is 1. The van der Waals surface area contributed by atoms with Crippen LogP contribution in [0.1, 0.15) is 26.2 Å². The summed E-state index contributed by atoms with van der Waals surface area (Å²) in [6, 6.07) is 7.35. The number of nitrogens with one attached hydrogen (secondary N) is 1. The number of hydrogen-bond donors (Lipinski definition) is 1. The Bertz CT molecular complexity index is 411. The van der Waals surface area contributed by atoms with Gasteiger partial charge in [-0.2, -0.15) is 0 Å². The van der Waals surface area contributed by atoms with Gasteiger partial charge in [-0.05, 0) is 57.1 Å². The molecule has 104 valence electrons. The van der Waals surface area contributed by atoms with E-state index < -0.39 is 0 Å². The molecule has 0 saturated carbocycles. The van der Waals surface area contributed by atoms with Crippen LogP contribution in [0.5, 0.6) is 5.75 Å². The van der Waals surface area contributed by atoms with Gasteiger partial charge >= 0.3 is 0 Å². The molecule has 1 aliphatic heterocycles. The van der Waals surface area contributed by atoms with E-state index in [9.17, 15) is 4.79 Å². The third kappa shape index (κ3) is 3.70. The summed E-state index contributed by atoms with van der Waals surface area (Å²) < 4.78 is 5.10. The van der Waals surface area contributed by atoms with Crippen molar-refractivity contribution in [1.82, 2.24) is 4.90 Å². The molecule has 1 amide bonds. The number of benzene rings is 1. The molecule has 4 nitrogen and oxygen atoms in total. The zero-order valence-corrected chi connectivity index (χ0v) is 11.7. The third-order valence-electron chi connectivity index (χ3n) is 3.68. The van der Waals surface area contributed by atoms with E-state index in [0.29, 0.717) is 0 Å². The topological polar surface area (TPSA) is 41.6 Å². The summed E-state index contributed by atoms with van der Waals surface area (Å²) >= 11 is 0. The van der Waals surface area contributed by atoms with Gasteiger partial charge in [0, 0.05) is 5.69 Å². The maximum absolute atomic E-state index is 12.2. The first-order valence-corrected chi connectivity index (χ1v) is 6.89. The number of ether oxygens (including phenoxy) is 1. The van der Waals surface area contributed by atoms with E-state index in [2.05, 4.69) is 10.2 Å². The molecule has 1 N–H and O–H groups in total. The van der Waals surface area contributed by atoms with Crippen LogP contribution >= 0.6 is 0 Å². The van der Waals surface area contributed by atoms with Crippen molar-refractivity contribution in [1.29, 1.82) is 0 Å². The Balaban J connectivity index is 1.91. The van der Waals surface area contributed by atoms with E-state index in [1.165, 1.54) is 19.3 Å². The Morgan fingerprint density at radius 2 is 1.84 bits per heavy atom. The molecule has 1 atom stereocenters. The maximum atomic E-state index is 12.2. The molecule has 2 rings (SSSR count). The molecule has 1 aromatic carbocycles. The fraction of sp³-hybridized carbons (Fsp3) is 0.533. The minimum Gasteiger partial charge on any atom is -0.497 e. The minimum atomic E-state index is -0.0672. The molecule has 0 unspecified atom stereocenters. The van der Waals surface area contributed by atoms with Crippen molar-refractivity contribution in [3.63, 3.8) is 0 Å². The monoisotopic (exact) mass is 262 g/mol. The van der Waals surface area contributed by atoms with E-state index in [4.69, 9.17) is 4.74 Å². The maximum Gasteiger partial charge on any atom is 0.241 e. The SMILES string of the molecule is COc1ccc(NC(=O)[C@@H](C)N2CCCCC2)cc1. The lowest BCUT2D eigenvalue weighted by atomic mass is 10.1. The summed E-state index contributed by atoms with van der Waals surface area (Å²) in [5.41, 5.74) is 0.814. The second-order valence-corrected chi connectivity index (χ2v) is 4.99. The first-order valence-electron chi connectivity index (χ1n) is 6.89. The van der Waals surface area contributed by atoms with Gasteiger partial charge in [-0.25, -0.2) is 0 Å². The molecular formula is C15H22N2O2. The first kappa shape index (κ1) is 13.9.